The van der Waals surface area contributed by atoms with Crippen molar-refractivity contribution in [3.05, 3.63) is 48.3 Å². The maximum Gasteiger partial charge on any atom is 0.149 e. The monoisotopic (exact) mass is 218 g/mol. The van der Waals surface area contributed by atoms with E-state index in [2.05, 4.69) is 0 Å². The highest BCUT2D eigenvalue weighted by Crippen LogP contribution is 2.25. The zero-order valence-electron chi connectivity index (χ0n) is 8.48. The number of anilines is 2. The molecule has 0 radical (unpaired) electrons. The molecule has 82 valence electrons. The lowest BCUT2D eigenvalue weighted by molar-refractivity contribution is 0.477. The Morgan fingerprint density at radius 2 is 1.69 bits per heavy atom. The van der Waals surface area contributed by atoms with Crippen LogP contribution in [0.5, 0.6) is 11.5 Å². The third-order valence-electron chi connectivity index (χ3n) is 2.07. The van der Waals surface area contributed by atoms with E-state index in [1.165, 1.54) is 12.1 Å². The number of ether oxygens (including phenoxy) is 1. The second kappa shape index (κ2) is 4.10. The largest absolute Gasteiger partial charge is 0.457 e. The summed E-state index contributed by atoms with van der Waals surface area (Å²) in [6.07, 6.45) is 0. The molecule has 4 N–H and O–H groups in total. The number of hydrogen-bond donors (Lipinski definition) is 2. The van der Waals surface area contributed by atoms with Crippen LogP contribution >= 0.6 is 0 Å². The summed E-state index contributed by atoms with van der Waals surface area (Å²) in [6, 6.07) is 11.2. The predicted octanol–water partition coefficient (Wildman–Crippen LogP) is 2.78. The van der Waals surface area contributed by atoms with E-state index in [1.54, 1.807) is 30.3 Å². The fourth-order valence-corrected chi connectivity index (χ4v) is 1.29. The van der Waals surface area contributed by atoms with Crippen LogP contribution in [0.3, 0.4) is 0 Å². The van der Waals surface area contributed by atoms with Crippen molar-refractivity contribution >= 4 is 11.4 Å². The minimum Gasteiger partial charge on any atom is -0.457 e. The SMILES string of the molecule is Nc1cccc(Oc2ccc(N)c(F)c2)c1. The zero-order chi connectivity index (χ0) is 11.5. The van der Waals surface area contributed by atoms with Crippen molar-refractivity contribution < 1.29 is 9.13 Å². The number of benzene rings is 2. The molecule has 2 aromatic carbocycles. The van der Waals surface area contributed by atoms with Crippen molar-refractivity contribution in [2.24, 2.45) is 0 Å². The molecule has 0 heterocycles. The zero-order valence-corrected chi connectivity index (χ0v) is 8.48. The Morgan fingerprint density at radius 3 is 2.38 bits per heavy atom. The van der Waals surface area contributed by atoms with Crippen LogP contribution in [0, 0.1) is 5.82 Å². The van der Waals surface area contributed by atoms with Crippen LogP contribution < -0.4 is 16.2 Å². The van der Waals surface area contributed by atoms with Gasteiger partial charge in [-0.1, -0.05) is 6.07 Å². The van der Waals surface area contributed by atoms with Gasteiger partial charge in [0.05, 0.1) is 5.69 Å². The maximum absolute atomic E-state index is 13.1. The van der Waals surface area contributed by atoms with Gasteiger partial charge in [-0.2, -0.15) is 0 Å². The van der Waals surface area contributed by atoms with Crippen molar-refractivity contribution in [1.29, 1.82) is 0 Å². The molecule has 3 nitrogen and oxygen atoms in total. The average Bonchev–Trinajstić information content (AvgIpc) is 2.24. The van der Waals surface area contributed by atoms with Crippen molar-refractivity contribution in [3.8, 4) is 11.5 Å². The van der Waals surface area contributed by atoms with Crippen LogP contribution in [0.2, 0.25) is 0 Å². The first-order valence-corrected chi connectivity index (χ1v) is 4.73. The molecule has 0 spiro atoms. The summed E-state index contributed by atoms with van der Waals surface area (Å²) in [5.41, 5.74) is 11.6. The van der Waals surface area contributed by atoms with Crippen LogP contribution in [0.1, 0.15) is 0 Å². The Hall–Kier alpha value is -2.23. The van der Waals surface area contributed by atoms with E-state index in [0.717, 1.165) is 0 Å². The van der Waals surface area contributed by atoms with E-state index in [-0.39, 0.29) is 5.69 Å². The highest BCUT2D eigenvalue weighted by molar-refractivity contribution is 5.47. The summed E-state index contributed by atoms with van der Waals surface area (Å²) in [6.45, 7) is 0. The Labute approximate surface area is 92.4 Å². The lowest BCUT2D eigenvalue weighted by Gasteiger charge is -2.06. The van der Waals surface area contributed by atoms with Crippen molar-refractivity contribution in [3.63, 3.8) is 0 Å². The van der Waals surface area contributed by atoms with E-state index < -0.39 is 5.82 Å². The van der Waals surface area contributed by atoms with Crippen molar-refractivity contribution in [2.45, 2.75) is 0 Å². The molecule has 16 heavy (non-hydrogen) atoms. The van der Waals surface area contributed by atoms with Crippen molar-refractivity contribution in [1.82, 2.24) is 0 Å². The molecule has 0 atom stereocenters. The fraction of sp³-hybridized carbons (Fsp3) is 0. The Bertz CT molecular complexity index is 514. The van der Waals surface area contributed by atoms with Crippen LogP contribution in [0.15, 0.2) is 42.5 Å². The van der Waals surface area contributed by atoms with Gasteiger partial charge in [0.25, 0.3) is 0 Å². The van der Waals surface area contributed by atoms with Crippen LogP contribution in [0.4, 0.5) is 15.8 Å². The van der Waals surface area contributed by atoms with Gasteiger partial charge < -0.3 is 16.2 Å². The fourth-order valence-electron chi connectivity index (χ4n) is 1.29. The van der Waals surface area contributed by atoms with Gasteiger partial charge in [0.1, 0.15) is 17.3 Å². The van der Waals surface area contributed by atoms with Gasteiger partial charge in [0.15, 0.2) is 0 Å². The molecule has 0 aliphatic rings. The predicted molar refractivity (Wildman–Crippen MR) is 61.7 cm³/mol. The molecule has 0 amide bonds. The molecule has 0 bridgehead atoms. The number of hydrogen-bond acceptors (Lipinski definition) is 3. The van der Waals surface area contributed by atoms with Gasteiger partial charge in [-0.3, -0.25) is 0 Å². The Morgan fingerprint density at radius 1 is 0.938 bits per heavy atom. The summed E-state index contributed by atoms with van der Waals surface area (Å²) >= 11 is 0. The van der Waals surface area contributed by atoms with E-state index in [1.807, 2.05) is 0 Å². The first-order valence-electron chi connectivity index (χ1n) is 4.73. The third-order valence-corrected chi connectivity index (χ3v) is 2.07. The van der Waals surface area contributed by atoms with Crippen LogP contribution in [-0.4, -0.2) is 0 Å². The van der Waals surface area contributed by atoms with Gasteiger partial charge in [0.2, 0.25) is 0 Å². The maximum atomic E-state index is 13.1. The Balaban J connectivity index is 2.24. The molecule has 0 aliphatic carbocycles. The number of rotatable bonds is 2. The molecule has 0 saturated heterocycles. The molecule has 0 unspecified atom stereocenters. The highest BCUT2D eigenvalue weighted by Gasteiger charge is 2.02. The van der Waals surface area contributed by atoms with E-state index in [4.69, 9.17) is 16.2 Å². The van der Waals surface area contributed by atoms with Gasteiger partial charge >= 0.3 is 0 Å². The third kappa shape index (κ3) is 2.23. The molecule has 0 fully saturated rings. The average molecular weight is 218 g/mol. The molecule has 0 aliphatic heterocycles. The number of halogens is 1. The first kappa shape index (κ1) is 10.3. The van der Waals surface area contributed by atoms with E-state index in [9.17, 15) is 4.39 Å². The van der Waals surface area contributed by atoms with Gasteiger partial charge in [0, 0.05) is 17.8 Å². The quantitative estimate of drug-likeness (QED) is 0.762. The topological polar surface area (TPSA) is 61.3 Å². The Kier molecular flexibility index (Phi) is 2.64. The molecular weight excluding hydrogens is 207 g/mol. The second-order valence-electron chi connectivity index (χ2n) is 3.36. The van der Waals surface area contributed by atoms with Crippen molar-refractivity contribution in [2.75, 3.05) is 11.5 Å². The highest BCUT2D eigenvalue weighted by atomic mass is 19.1. The molecule has 0 aromatic heterocycles. The summed E-state index contributed by atoms with van der Waals surface area (Å²) < 4.78 is 18.6. The molecular formula is C12H11FN2O. The minimum absolute atomic E-state index is 0.0972. The summed E-state index contributed by atoms with van der Waals surface area (Å²) in [7, 11) is 0. The first-order chi connectivity index (χ1) is 7.65. The molecule has 2 rings (SSSR count). The van der Waals surface area contributed by atoms with E-state index in [0.29, 0.717) is 17.2 Å². The molecule has 0 saturated carbocycles. The normalized spacial score (nSPS) is 10.1. The standard InChI is InChI=1S/C12H11FN2O/c13-11-7-10(4-5-12(11)15)16-9-3-1-2-8(14)6-9/h1-7H,14-15H2. The second-order valence-corrected chi connectivity index (χ2v) is 3.36. The summed E-state index contributed by atoms with van der Waals surface area (Å²) in [5, 5.41) is 0. The summed E-state index contributed by atoms with van der Waals surface area (Å²) in [4.78, 5) is 0. The van der Waals surface area contributed by atoms with Gasteiger partial charge in [-0.25, -0.2) is 4.39 Å². The van der Waals surface area contributed by atoms with E-state index >= 15 is 0 Å². The smallest absolute Gasteiger partial charge is 0.149 e. The molecule has 4 heteroatoms. The van der Waals surface area contributed by atoms with Crippen LogP contribution in [0.25, 0.3) is 0 Å². The summed E-state index contributed by atoms with van der Waals surface area (Å²) in [5.74, 6) is 0.447. The van der Waals surface area contributed by atoms with Gasteiger partial charge in [-0.15, -0.1) is 0 Å². The lowest BCUT2D eigenvalue weighted by atomic mass is 10.3. The molecule has 2 aromatic rings. The van der Waals surface area contributed by atoms with Crippen LogP contribution in [-0.2, 0) is 0 Å². The lowest BCUT2D eigenvalue weighted by Crippen LogP contribution is -1.92. The number of nitrogen functional groups attached to an aromatic ring is 2. The number of nitrogens with two attached hydrogens (primary N) is 2. The van der Waals surface area contributed by atoms with Gasteiger partial charge in [-0.05, 0) is 24.3 Å². The minimum atomic E-state index is -0.499.